The van der Waals surface area contributed by atoms with Crippen molar-refractivity contribution in [3.05, 3.63) is 29.6 Å². The zero-order valence-electron chi connectivity index (χ0n) is 10.2. The standard InChI is InChI=1S/C11H7F6NO3/c1-21-8(19)5-2-3-6(12)7(4-5)18-9(20)10(13,14)11(15,16)17/h2-4H,1H3,(H,18,20). The third-order valence-corrected chi connectivity index (χ3v) is 2.28. The largest absolute Gasteiger partial charge is 0.465 e. The highest BCUT2D eigenvalue weighted by Crippen LogP contribution is 2.36. The lowest BCUT2D eigenvalue weighted by atomic mass is 10.2. The summed E-state index contributed by atoms with van der Waals surface area (Å²) >= 11 is 0. The van der Waals surface area contributed by atoms with Crippen LogP contribution in [0.15, 0.2) is 18.2 Å². The molecule has 21 heavy (non-hydrogen) atoms. The monoisotopic (exact) mass is 315 g/mol. The van der Waals surface area contributed by atoms with E-state index in [4.69, 9.17) is 0 Å². The summed E-state index contributed by atoms with van der Waals surface area (Å²) < 4.78 is 78.9. The van der Waals surface area contributed by atoms with E-state index in [1.807, 2.05) is 0 Å². The van der Waals surface area contributed by atoms with Gasteiger partial charge in [-0.15, -0.1) is 0 Å². The minimum atomic E-state index is -6.13. The molecule has 1 aromatic carbocycles. The number of halogens is 6. The Morgan fingerprint density at radius 2 is 1.71 bits per heavy atom. The predicted octanol–water partition coefficient (Wildman–Crippen LogP) is 2.75. The van der Waals surface area contributed by atoms with Gasteiger partial charge in [-0.3, -0.25) is 4.79 Å². The molecule has 10 heteroatoms. The number of methoxy groups -OCH3 is 1. The van der Waals surface area contributed by atoms with Crippen molar-refractivity contribution in [2.75, 3.05) is 12.4 Å². The van der Waals surface area contributed by atoms with E-state index in [2.05, 4.69) is 4.74 Å². The zero-order chi connectivity index (χ0) is 16.4. The molecular weight excluding hydrogens is 308 g/mol. The van der Waals surface area contributed by atoms with Crippen molar-refractivity contribution in [1.29, 1.82) is 0 Å². The van der Waals surface area contributed by atoms with E-state index in [1.165, 1.54) is 0 Å². The Hall–Kier alpha value is -2.26. The SMILES string of the molecule is COC(=O)c1ccc(F)c(NC(=O)C(F)(F)C(F)(F)F)c1. The minimum absolute atomic E-state index is 0.343. The second-order valence-electron chi connectivity index (χ2n) is 3.71. The van der Waals surface area contributed by atoms with E-state index in [-0.39, 0.29) is 5.56 Å². The molecule has 0 atom stereocenters. The second kappa shape index (κ2) is 5.62. The van der Waals surface area contributed by atoms with Gasteiger partial charge in [0.05, 0.1) is 18.4 Å². The first-order chi connectivity index (χ1) is 9.50. The number of rotatable bonds is 3. The van der Waals surface area contributed by atoms with Gasteiger partial charge in [-0.05, 0) is 18.2 Å². The third kappa shape index (κ3) is 3.44. The molecule has 0 bridgehead atoms. The molecule has 0 aliphatic carbocycles. The molecule has 116 valence electrons. The smallest absolute Gasteiger partial charge is 0.463 e. The van der Waals surface area contributed by atoms with E-state index in [9.17, 15) is 35.9 Å². The summed E-state index contributed by atoms with van der Waals surface area (Å²) in [6, 6.07) is 2.08. The normalized spacial score (nSPS) is 12.0. The first-order valence-electron chi connectivity index (χ1n) is 5.14. The average molecular weight is 315 g/mol. The lowest BCUT2D eigenvalue weighted by molar-refractivity contribution is -0.267. The number of hydrogen-bond donors (Lipinski definition) is 1. The average Bonchev–Trinajstić information content (AvgIpc) is 2.38. The van der Waals surface area contributed by atoms with Crippen LogP contribution in [0.2, 0.25) is 0 Å². The van der Waals surface area contributed by atoms with Crippen LogP contribution in [0.3, 0.4) is 0 Å². The van der Waals surface area contributed by atoms with E-state index >= 15 is 0 Å². The van der Waals surface area contributed by atoms with Crippen LogP contribution in [0.5, 0.6) is 0 Å². The molecule has 0 spiro atoms. The Balaban J connectivity index is 3.08. The molecule has 1 amide bonds. The van der Waals surface area contributed by atoms with Crippen LogP contribution in [0, 0.1) is 5.82 Å². The molecule has 0 saturated heterocycles. The summed E-state index contributed by atoms with van der Waals surface area (Å²) in [7, 11) is 0.974. The van der Waals surface area contributed by atoms with Crippen molar-refractivity contribution >= 4 is 17.6 Å². The molecule has 0 aliphatic heterocycles. The molecule has 0 saturated carbocycles. The van der Waals surface area contributed by atoms with Crippen molar-refractivity contribution in [3.8, 4) is 0 Å². The number of amides is 1. The second-order valence-corrected chi connectivity index (χ2v) is 3.71. The molecule has 0 unspecified atom stereocenters. The van der Waals surface area contributed by atoms with Gasteiger partial charge < -0.3 is 10.1 Å². The zero-order valence-corrected chi connectivity index (χ0v) is 10.2. The fourth-order valence-corrected chi connectivity index (χ4v) is 1.20. The Labute approximate surface area is 113 Å². The maximum absolute atomic E-state index is 13.3. The van der Waals surface area contributed by atoms with Gasteiger partial charge >= 0.3 is 24.0 Å². The Kier molecular flexibility index (Phi) is 4.49. The number of ether oxygens (including phenoxy) is 1. The summed E-state index contributed by atoms with van der Waals surface area (Å²) in [5.41, 5.74) is -1.35. The number of carbonyl (C=O) groups excluding carboxylic acids is 2. The highest BCUT2D eigenvalue weighted by atomic mass is 19.4. The fourth-order valence-electron chi connectivity index (χ4n) is 1.20. The summed E-state index contributed by atoms with van der Waals surface area (Å²) in [5.74, 6) is -10.8. The maximum atomic E-state index is 13.3. The third-order valence-electron chi connectivity index (χ3n) is 2.28. The van der Waals surface area contributed by atoms with Gasteiger partial charge in [-0.2, -0.15) is 22.0 Å². The highest BCUT2D eigenvalue weighted by molar-refractivity contribution is 5.98. The Bertz CT molecular complexity index is 570. The Morgan fingerprint density at radius 3 is 2.19 bits per heavy atom. The molecule has 1 rings (SSSR count). The van der Waals surface area contributed by atoms with Crippen LogP contribution in [0.4, 0.5) is 32.0 Å². The summed E-state index contributed by atoms with van der Waals surface area (Å²) in [6.07, 6.45) is -6.13. The van der Waals surface area contributed by atoms with Gasteiger partial charge in [0.15, 0.2) is 0 Å². The molecule has 1 N–H and O–H groups in total. The molecule has 0 fully saturated rings. The lowest BCUT2D eigenvalue weighted by Crippen LogP contribution is -2.47. The van der Waals surface area contributed by atoms with Gasteiger partial charge in [-0.25, -0.2) is 9.18 Å². The van der Waals surface area contributed by atoms with Crippen LogP contribution in [-0.2, 0) is 9.53 Å². The summed E-state index contributed by atoms with van der Waals surface area (Å²) in [4.78, 5) is 22.1. The Morgan fingerprint density at radius 1 is 1.14 bits per heavy atom. The lowest BCUT2D eigenvalue weighted by Gasteiger charge is -2.19. The quantitative estimate of drug-likeness (QED) is 0.689. The topological polar surface area (TPSA) is 55.4 Å². The van der Waals surface area contributed by atoms with E-state index in [1.54, 1.807) is 0 Å². The van der Waals surface area contributed by atoms with E-state index < -0.39 is 35.5 Å². The van der Waals surface area contributed by atoms with Crippen molar-refractivity contribution in [1.82, 2.24) is 0 Å². The van der Waals surface area contributed by atoms with Crippen molar-refractivity contribution in [2.45, 2.75) is 12.1 Å². The predicted molar refractivity (Wildman–Crippen MR) is 57.4 cm³/mol. The number of esters is 1. The van der Waals surface area contributed by atoms with Crippen LogP contribution in [0.1, 0.15) is 10.4 Å². The molecule has 1 aromatic rings. The van der Waals surface area contributed by atoms with Gasteiger partial charge in [0, 0.05) is 0 Å². The van der Waals surface area contributed by atoms with Crippen molar-refractivity contribution in [2.24, 2.45) is 0 Å². The van der Waals surface area contributed by atoms with E-state index in [0.29, 0.717) is 12.1 Å². The fraction of sp³-hybridized carbons (Fsp3) is 0.273. The number of anilines is 1. The highest BCUT2D eigenvalue weighted by Gasteiger charge is 2.63. The van der Waals surface area contributed by atoms with Crippen LogP contribution >= 0.6 is 0 Å². The van der Waals surface area contributed by atoms with Crippen LogP contribution < -0.4 is 5.32 Å². The van der Waals surface area contributed by atoms with Crippen molar-refractivity contribution in [3.63, 3.8) is 0 Å². The van der Waals surface area contributed by atoms with Gasteiger partial charge in [-0.1, -0.05) is 0 Å². The molecule has 4 nitrogen and oxygen atoms in total. The first-order valence-corrected chi connectivity index (χ1v) is 5.14. The van der Waals surface area contributed by atoms with E-state index in [0.717, 1.165) is 18.5 Å². The minimum Gasteiger partial charge on any atom is -0.465 e. The number of carbonyl (C=O) groups is 2. The molecular formula is C11H7F6NO3. The molecule has 0 aliphatic rings. The molecule has 0 radical (unpaired) electrons. The number of hydrogen-bond acceptors (Lipinski definition) is 3. The molecule has 0 aromatic heterocycles. The van der Waals surface area contributed by atoms with Crippen molar-refractivity contribution < 1.29 is 40.7 Å². The number of nitrogens with one attached hydrogen (secondary N) is 1. The van der Waals surface area contributed by atoms with Gasteiger partial charge in [0.2, 0.25) is 0 Å². The summed E-state index contributed by atoms with van der Waals surface area (Å²) in [5, 5.41) is 1.08. The molecule has 0 heterocycles. The first kappa shape index (κ1) is 16.8. The number of alkyl halides is 5. The van der Waals surface area contributed by atoms with Crippen LogP contribution in [0.25, 0.3) is 0 Å². The number of benzene rings is 1. The van der Waals surface area contributed by atoms with Gasteiger partial charge in [0.25, 0.3) is 0 Å². The maximum Gasteiger partial charge on any atom is 0.463 e. The summed E-state index contributed by atoms with van der Waals surface area (Å²) in [6.45, 7) is 0. The van der Waals surface area contributed by atoms with Gasteiger partial charge in [0.1, 0.15) is 5.82 Å². The van der Waals surface area contributed by atoms with Crippen LogP contribution in [-0.4, -0.2) is 31.1 Å².